The number of nitrogens with one attached hydrogen (secondary N) is 1. The van der Waals surface area contributed by atoms with Gasteiger partial charge in [0.25, 0.3) is 0 Å². The molecule has 1 aromatic rings. The Bertz CT molecular complexity index is 309. The Morgan fingerprint density at radius 1 is 1.31 bits per heavy atom. The summed E-state index contributed by atoms with van der Waals surface area (Å²) in [7, 11) is 0. The molecule has 0 aromatic heterocycles. The third-order valence-electron chi connectivity index (χ3n) is 2.13. The fourth-order valence-electron chi connectivity index (χ4n) is 1.28. The normalized spacial score (nSPS) is 10.4. The molecule has 0 aliphatic heterocycles. The summed E-state index contributed by atoms with van der Waals surface area (Å²) >= 11 is 0. The molecule has 0 bridgehead atoms. The smallest absolute Gasteiger partial charge is 0.246 e. The van der Waals surface area contributed by atoms with Crippen LogP contribution in [-0.2, 0) is 16.0 Å². The molecule has 0 heterocycles. The fourth-order valence-corrected chi connectivity index (χ4v) is 1.28. The average Bonchev–Trinajstić information content (AvgIpc) is 2.28. The number of carbonyl (C=O) groups is 1. The van der Waals surface area contributed by atoms with E-state index in [1.54, 1.807) is 0 Å². The van der Waals surface area contributed by atoms with Gasteiger partial charge in [0.1, 0.15) is 6.61 Å². The van der Waals surface area contributed by atoms with Gasteiger partial charge in [0.05, 0.1) is 6.10 Å². The maximum atomic E-state index is 11.3. The Hall–Kier alpha value is -1.35. The number of benzene rings is 1. The van der Waals surface area contributed by atoms with Gasteiger partial charge in [-0.3, -0.25) is 4.79 Å². The Morgan fingerprint density at radius 3 is 2.62 bits per heavy atom. The van der Waals surface area contributed by atoms with Crippen molar-refractivity contribution in [3.63, 3.8) is 0 Å². The van der Waals surface area contributed by atoms with E-state index in [1.807, 2.05) is 32.0 Å². The van der Waals surface area contributed by atoms with Crippen LogP contribution in [-0.4, -0.2) is 25.2 Å². The van der Waals surface area contributed by atoms with Gasteiger partial charge in [0.15, 0.2) is 0 Å². The van der Waals surface area contributed by atoms with Crippen LogP contribution < -0.4 is 5.32 Å². The van der Waals surface area contributed by atoms with E-state index in [1.165, 1.54) is 5.56 Å². The summed E-state index contributed by atoms with van der Waals surface area (Å²) in [5.74, 6) is -0.0513. The molecule has 0 aliphatic carbocycles. The van der Waals surface area contributed by atoms with Gasteiger partial charge in [-0.1, -0.05) is 30.3 Å². The topological polar surface area (TPSA) is 38.3 Å². The van der Waals surface area contributed by atoms with E-state index >= 15 is 0 Å². The largest absolute Gasteiger partial charge is 0.369 e. The van der Waals surface area contributed by atoms with Crippen LogP contribution in [0.3, 0.4) is 0 Å². The van der Waals surface area contributed by atoms with E-state index in [0.717, 1.165) is 6.42 Å². The van der Waals surface area contributed by atoms with E-state index < -0.39 is 0 Å². The Labute approximate surface area is 96.8 Å². The van der Waals surface area contributed by atoms with Gasteiger partial charge in [0.2, 0.25) is 5.91 Å². The molecule has 1 rings (SSSR count). The van der Waals surface area contributed by atoms with Gasteiger partial charge in [-0.05, 0) is 25.8 Å². The van der Waals surface area contributed by atoms with Gasteiger partial charge in [-0.25, -0.2) is 0 Å². The van der Waals surface area contributed by atoms with Crippen molar-refractivity contribution in [1.29, 1.82) is 0 Å². The molecule has 3 heteroatoms. The number of rotatable bonds is 6. The lowest BCUT2D eigenvalue weighted by atomic mass is 10.1. The molecule has 0 aliphatic rings. The predicted molar refractivity (Wildman–Crippen MR) is 64.2 cm³/mol. The highest BCUT2D eigenvalue weighted by molar-refractivity contribution is 5.77. The molecule has 1 N–H and O–H groups in total. The Morgan fingerprint density at radius 2 is 2.00 bits per heavy atom. The number of hydrogen-bond acceptors (Lipinski definition) is 2. The molecular formula is C13H19NO2. The van der Waals surface area contributed by atoms with Crippen molar-refractivity contribution in [2.24, 2.45) is 0 Å². The quantitative estimate of drug-likeness (QED) is 0.795. The highest BCUT2D eigenvalue weighted by Crippen LogP contribution is 1.98. The highest BCUT2D eigenvalue weighted by atomic mass is 16.5. The third-order valence-corrected chi connectivity index (χ3v) is 2.13. The molecule has 0 radical (unpaired) electrons. The van der Waals surface area contributed by atoms with Crippen LogP contribution in [0.5, 0.6) is 0 Å². The van der Waals surface area contributed by atoms with Crippen molar-refractivity contribution in [2.45, 2.75) is 26.4 Å². The molecule has 1 amide bonds. The fraction of sp³-hybridized carbons (Fsp3) is 0.462. The van der Waals surface area contributed by atoms with Crippen LogP contribution in [0.4, 0.5) is 0 Å². The van der Waals surface area contributed by atoms with Crippen molar-refractivity contribution in [2.75, 3.05) is 13.2 Å². The van der Waals surface area contributed by atoms with Gasteiger partial charge in [-0.15, -0.1) is 0 Å². The SMILES string of the molecule is CC(C)OCC(=O)NCCc1ccccc1. The number of hydrogen-bond donors (Lipinski definition) is 1. The standard InChI is InChI=1S/C13H19NO2/c1-11(2)16-10-13(15)14-9-8-12-6-4-3-5-7-12/h3-7,11H,8-10H2,1-2H3,(H,14,15). The second-order valence-electron chi connectivity index (χ2n) is 3.95. The lowest BCUT2D eigenvalue weighted by molar-refractivity contribution is -0.127. The van der Waals surface area contributed by atoms with Crippen molar-refractivity contribution >= 4 is 5.91 Å². The molecule has 0 unspecified atom stereocenters. The first-order valence-corrected chi connectivity index (χ1v) is 5.60. The Balaban J connectivity index is 2.13. The monoisotopic (exact) mass is 221 g/mol. The van der Waals surface area contributed by atoms with Crippen LogP contribution >= 0.6 is 0 Å². The predicted octanol–water partition coefficient (Wildman–Crippen LogP) is 1.77. The zero-order valence-corrected chi connectivity index (χ0v) is 9.90. The maximum Gasteiger partial charge on any atom is 0.246 e. The lowest BCUT2D eigenvalue weighted by Crippen LogP contribution is -2.30. The summed E-state index contributed by atoms with van der Waals surface area (Å²) in [6.07, 6.45) is 0.953. The van der Waals surface area contributed by atoms with Crippen LogP contribution in [0, 0.1) is 0 Å². The molecule has 0 saturated carbocycles. The van der Waals surface area contributed by atoms with Crippen LogP contribution in [0.25, 0.3) is 0 Å². The van der Waals surface area contributed by atoms with Crippen molar-refractivity contribution in [3.8, 4) is 0 Å². The number of carbonyl (C=O) groups excluding carboxylic acids is 1. The van der Waals surface area contributed by atoms with Gasteiger partial charge in [-0.2, -0.15) is 0 Å². The highest BCUT2D eigenvalue weighted by Gasteiger charge is 2.02. The maximum absolute atomic E-state index is 11.3. The first-order chi connectivity index (χ1) is 7.68. The van der Waals surface area contributed by atoms with Crippen LogP contribution in [0.1, 0.15) is 19.4 Å². The minimum atomic E-state index is -0.0513. The van der Waals surface area contributed by atoms with E-state index in [2.05, 4.69) is 17.4 Å². The molecule has 3 nitrogen and oxygen atoms in total. The molecule has 88 valence electrons. The van der Waals surface area contributed by atoms with Crippen LogP contribution in [0.2, 0.25) is 0 Å². The van der Waals surface area contributed by atoms with E-state index in [9.17, 15) is 4.79 Å². The molecule has 0 fully saturated rings. The van der Waals surface area contributed by atoms with Crippen molar-refractivity contribution in [1.82, 2.24) is 5.32 Å². The molecule has 1 aromatic carbocycles. The molecule has 0 spiro atoms. The number of amides is 1. The molecule has 0 saturated heterocycles. The summed E-state index contributed by atoms with van der Waals surface area (Å²) in [5.41, 5.74) is 1.23. The lowest BCUT2D eigenvalue weighted by Gasteiger charge is -2.08. The van der Waals surface area contributed by atoms with Gasteiger partial charge >= 0.3 is 0 Å². The van der Waals surface area contributed by atoms with Crippen molar-refractivity contribution in [3.05, 3.63) is 35.9 Å². The zero-order valence-electron chi connectivity index (χ0n) is 9.90. The first-order valence-electron chi connectivity index (χ1n) is 5.60. The average molecular weight is 221 g/mol. The second kappa shape index (κ2) is 7.01. The van der Waals surface area contributed by atoms with Crippen LogP contribution in [0.15, 0.2) is 30.3 Å². The van der Waals surface area contributed by atoms with Gasteiger partial charge < -0.3 is 10.1 Å². The van der Waals surface area contributed by atoms with E-state index in [0.29, 0.717) is 6.54 Å². The van der Waals surface area contributed by atoms with Crippen molar-refractivity contribution < 1.29 is 9.53 Å². The minimum Gasteiger partial charge on any atom is -0.369 e. The second-order valence-corrected chi connectivity index (χ2v) is 3.95. The molecular weight excluding hydrogens is 202 g/mol. The summed E-state index contributed by atoms with van der Waals surface area (Å²) in [6, 6.07) is 10.1. The first kappa shape index (κ1) is 12.7. The molecule has 16 heavy (non-hydrogen) atoms. The summed E-state index contributed by atoms with van der Waals surface area (Å²) in [4.78, 5) is 11.3. The van der Waals surface area contributed by atoms with Gasteiger partial charge in [0, 0.05) is 6.54 Å². The number of ether oxygens (including phenoxy) is 1. The molecule has 0 atom stereocenters. The minimum absolute atomic E-state index is 0.0513. The van der Waals surface area contributed by atoms with E-state index in [4.69, 9.17) is 4.74 Å². The summed E-state index contributed by atoms with van der Waals surface area (Å²) in [6.45, 7) is 4.63. The summed E-state index contributed by atoms with van der Waals surface area (Å²) < 4.78 is 5.19. The zero-order chi connectivity index (χ0) is 11.8. The summed E-state index contributed by atoms with van der Waals surface area (Å²) in [5, 5.41) is 2.82. The Kier molecular flexibility index (Phi) is 5.57. The third kappa shape index (κ3) is 5.51. The van der Waals surface area contributed by atoms with E-state index in [-0.39, 0.29) is 18.6 Å².